The predicted molar refractivity (Wildman–Crippen MR) is 382 cm³/mol. The van der Waals surface area contributed by atoms with Crippen molar-refractivity contribution in [2.45, 2.75) is 200 Å². The summed E-state index contributed by atoms with van der Waals surface area (Å²) in [5, 5.41) is 43.7. The summed E-state index contributed by atoms with van der Waals surface area (Å²) in [5.41, 5.74) is 7.96. The molecule has 0 spiro atoms. The third-order valence-corrected chi connectivity index (χ3v) is 18.4. The highest BCUT2D eigenvalue weighted by atomic mass is 16.5. The standard InChI is InChI=1S/C73H110N12O15/c1-15-46(9)64(56(99-13)42-60(89)84-40-23-27-55(84)66(100-14)47(10)67(91)76-48(11)65(90)50-24-18-17-19-25-50)83(12)71(95)62(44(5)6)82-70(94)63(45(7)8)85(73(97)98)41-38-49-30-32-53(33-31-49)79-68(92)54(26-22-39-75-72(74)96)80-69(93)61(43(3)4)81-59(88)29-21-20-28-58(87)78-52-36-34-51(35-37-52)77-57(86)16-2/h16-19,24-25,30-37,43-48,54-56,61-66,90H,2,15,20-23,26-29,38-42H2,1,3-14H3,(H,76,91)(H,77,86)(H,78,87)(H,79,92)(H,80,93)(H,81,88)(H,82,94)(H,97,98)(H3,74,75,96)/t46-,47+,48+,54-,55-,56+,61-,62-,63-,64-,65+,66+/m0/s1. The summed E-state index contributed by atoms with van der Waals surface area (Å²) < 4.78 is 12.1. The third-order valence-electron chi connectivity index (χ3n) is 18.4. The molecule has 0 aromatic heterocycles. The van der Waals surface area contributed by atoms with Crippen LogP contribution in [0.4, 0.5) is 26.7 Å². The molecule has 27 nitrogen and oxygen atoms in total. The molecule has 0 aliphatic carbocycles. The molecule has 12 N–H and O–H groups in total. The Hall–Kier alpha value is -8.95. The number of methoxy groups -OCH3 is 2. The number of rotatable bonds is 41. The molecule has 1 aliphatic heterocycles. The zero-order valence-corrected chi connectivity index (χ0v) is 60.5. The van der Waals surface area contributed by atoms with Gasteiger partial charge in [0.05, 0.1) is 48.8 Å². The third kappa shape index (κ3) is 25.7. The molecule has 0 saturated carbocycles. The maximum atomic E-state index is 14.9. The predicted octanol–water partition coefficient (Wildman–Crippen LogP) is 6.87. The second-order valence-electron chi connectivity index (χ2n) is 26.9. The summed E-state index contributed by atoms with van der Waals surface area (Å²) in [6, 6.07) is 15.0. The van der Waals surface area contributed by atoms with Crippen molar-refractivity contribution in [1.82, 2.24) is 41.3 Å². The van der Waals surface area contributed by atoms with Gasteiger partial charge in [-0.25, -0.2) is 9.59 Å². The number of hydrogen-bond donors (Lipinski definition) is 11. The van der Waals surface area contributed by atoms with Gasteiger partial charge < -0.3 is 77.8 Å². The van der Waals surface area contributed by atoms with Crippen LogP contribution in [0.15, 0.2) is 91.5 Å². The molecule has 4 rings (SSSR count). The number of anilines is 3. The van der Waals surface area contributed by atoms with Gasteiger partial charge in [0, 0.05) is 70.8 Å². The summed E-state index contributed by atoms with van der Waals surface area (Å²) in [6.45, 7) is 21.6. The first-order valence-electron chi connectivity index (χ1n) is 34.7. The zero-order chi connectivity index (χ0) is 74.5. The number of ether oxygens (including phenoxy) is 2. The van der Waals surface area contributed by atoms with Gasteiger partial charge in [-0.2, -0.15) is 0 Å². The van der Waals surface area contributed by atoms with Crippen LogP contribution in [0.5, 0.6) is 0 Å². The molecule has 0 bridgehead atoms. The van der Waals surface area contributed by atoms with E-state index in [9.17, 15) is 63.0 Å². The largest absolute Gasteiger partial charge is 0.465 e. The summed E-state index contributed by atoms with van der Waals surface area (Å²) in [5.74, 6) is -6.41. The van der Waals surface area contributed by atoms with E-state index in [0.717, 1.165) is 11.0 Å². The number of likely N-dealkylation sites (tertiary alicyclic amines) is 1. The Bertz CT molecular complexity index is 3190. The van der Waals surface area contributed by atoms with E-state index in [0.29, 0.717) is 66.8 Å². The van der Waals surface area contributed by atoms with Crippen molar-refractivity contribution < 1.29 is 72.4 Å². The number of carbonyl (C=O) groups excluding carboxylic acids is 10. The van der Waals surface area contributed by atoms with Crippen LogP contribution in [0.2, 0.25) is 0 Å². The van der Waals surface area contributed by atoms with Gasteiger partial charge >= 0.3 is 12.1 Å². The van der Waals surface area contributed by atoms with Gasteiger partial charge in [-0.1, -0.05) is 118 Å². The number of hydrogen-bond acceptors (Lipinski definition) is 14. The number of amides is 12. The summed E-state index contributed by atoms with van der Waals surface area (Å²) in [6.07, 6.45) is 0.324. The van der Waals surface area contributed by atoms with Crippen molar-refractivity contribution >= 4 is 82.4 Å². The summed E-state index contributed by atoms with van der Waals surface area (Å²) in [4.78, 5) is 152. The molecule has 1 saturated heterocycles. The molecule has 1 aliphatic rings. The number of aliphatic hydroxyl groups is 1. The number of unbranched alkanes of at least 4 members (excludes halogenated alkanes) is 1. The topological polar surface area (TPSA) is 379 Å². The normalized spacial score (nSPS) is 16.2. The fourth-order valence-electron chi connectivity index (χ4n) is 12.5. The average molecular weight is 1400 g/mol. The van der Waals surface area contributed by atoms with E-state index in [1.54, 1.807) is 128 Å². The van der Waals surface area contributed by atoms with Gasteiger partial charge in [0.2, 0.25) is 53.2 Å². The van der Waals surface area contributed by atoms with Crippen molar-refractivity contribution in [3.8, 4) is 0 Å². The van der Waals surface area contributed by atoms with Crippen LogP contribution in [0.25, 0.3) is 0 Å². The number of nitrogens with one attached hydrogen (secondary N) is 8. The van der Waals surface area contributed by atoms with E-state index in [2.05, 4.69) is 49.1 Å². The number of benzene rings is 3. The second-order valence-corrected chi connectivity index (χ2v) is 26.9. The first-order chi connectivity index (χ1) is 47.4. The molecule has 12 atom stereocenters. The Labute approximate surface area is 589 Å². The zero-order valence-electron chi connectivity index (χ0n) is 60.5. The number of carboxylic acid groups (broad SMARTS) is 1. The van der Waals surface area contributed by atoms with Crippen molar-refractivity contribution in [2.24, 2.45) is 35.3 Å². The number of nitrogens with two attached hydrogens (primary N) is 1. The van der Waals surface area contributed by atoms with Crippen LogP contribution in [-0.4, -0.2) is 186 Å². The van der Waals surface area contributed by atoms with Gasteiger partial charge in [0.15, 0.2) is 0 Å². The van der Waals surface area contributed by atoms with Crippen LogP contribution < -0.4 is 48.3 Å². The van der Waals surface area contributed by atoms with E-state index >= 15 is 0 Å². The molecule has 0 radical (unpaired) electrons. The fourth-order valence-corrected chi connectivity index (χ4v) is 12.5. The highest BCUT2D eigenvalue weighted by molar-refractivity contribution is 6.00. The van der Waals surface area contributed by atoms with Crippen molar-refractivity contribution in [3.05, 3.63) is 103 Å². The Balaban J connectivity index is 1.40. The van der Waals surface area contributed by atoms with Crippen LogP contribution in [0.1, 0.15) is 151 Å². The Morgan fingerprint density at radius 1 is 0.690 bits per heavy atom. The van der Waals surface area contributed by atoms with E-state index in [1.165, 1.54) is 19.1 Å². The average Bonchev–Trinajstić information content (AvgIpc) is 1.54. The summed E-state index contributed by atoms with van der Waals surface area (Å²) >= 11 is 0. The van der Waals surface area contributed by atoms with Crippen LogP contribution in [0, 0.1) is 29.6 Å². The molecule has 27 heteroatoms. The number of urea groups is 1. The molecule has 1 heterocycles. The lowest BCUT2D eigenvalue weighted by Gasteiger charge is -2.41. The minimum atomic E-state index is -1.37. The minimum absolute atomic E-state index is 0.0147. The molecule has 0 unspecified atom stereocenters. The summed E-state index contributed by atoms with van der Waals surface area (Å²) in [7, 11) is 4.60. The smallest absolute Gasteiger partial charge is 0.407 e. The van der Waals surface area contributed by atoms with Crippen molar-refractivity contribution in [2.75, 3.05) is 56.9 Å². The Kier molecular flexibility index (Phi) is 34.7. The first kappa shape index (κ1) is 83.5. The molecular weight excluding hydrogens is 1280 g/mol. The molecular formula is C73H110N12O15. The van der Waals surface area contributed by atoms with Gasteiger partial charge in [-0.05, 0) is 129 Å². The quantitative estimate of drug-likeness (QED) is 0.0204. The molecule has 3 aromatic carbocycles. The number of aliphatic hydroxyl groups excluding tert-OH is 1. The number of likely N-dealkylation sites (N-methyl/N-ethyl adjacent to an activating group) is 1. The van der Waals surface area contributed by atoms with E-state index < -0.39 is 126 Å². The second kappa shape index (κ2) is 41.6. The highest BCUT2D eigenvalue weighted by Gasteiger charge is 2.44. The first-order valence-corrected chi connectivity index (χ1v) is 34.7. The lowest BCUT2D eigenvalue weighted by Crippen LogP contribution is -2.60. The maximum absolute atomic E-state index is 14.9. The SMILES string of the molecule is C=CC(=O)Nc1ccc(NC(=O)CCCCC(=O)N[C@H](C(=O)N[C@@H](CCCNC(N)=O)C(=O)Nc2ccc(CCN(C(=O)O)[C@H](C(=O)N[C@H](C(=O)N(C)[C@@H]([C@@H](C)CC)[C@@H](CC(=O)N3CCC[C@H]3[C@H](OC)[C@@H](C)C(=O)N[C@H](C)[C@@H](O)c3ccccc3)OC)C(C)C)C(C)C)cc2)C(C)C)cc1. The molecule has 3 aromatic rings. The molecule has 552 valence electrons. The Morgan fingerprint density at radius 3 is 1.83 bits per heavy atom. The lowest BCUT2D eigenvalue weighted by atomic mass is 9.89. The van der Waals surface area contributed by atoms with Gasteiger partial charge in [-0.3, -0.25) is 48.1 Å². The lowest BCUT2D eigenvalue weighted by molar-refractivity contribution is -0.148. The van der Waals surface area contributed by atoms with Crippen LogP contribution in [-0.2, 0) is 59.0 Å². The maximum Gasteiger partial charge on any atom is 0.407 e. The van der Waals surface area contributed by atoms with Crippen molar-refractivity contribution in [3.63, 3.8) is 0 Å². The van der Waals surface area contributed by atoms with E-state index in [1.807, 2.05) is 32.0 Å². The van der Waals surface area contributed by atoms with Gasteiger partial charge in [0.25, 0.3) is 0 Å². The molecule has 12 amide bonds. The monoisotopic (exact) mass is 1390 g/mol. The van der Waals surface area contributed by atoms with Crippen LogP contribution in [0.3, 0.4) is 0 Å². The Morgan fingerprint density at radius 2 is 1.28 bits per heavy atom. The molecule has 1 fully saturated rings. The minimum Gasteiger partial charge on any atom is -0.465 e. The van der Waals surface area contributed by atoms with Crippen molar-refractivity contribution in [1.29, 1.82) is 0 Å². The number of nitrogens with zero attached hydrogens (tertiary/aromatic N) is 3. The fraction of sp³-hybridized carbons (Fsp3) is 0.575. The van der Waals surface area contributed by atoms with Gasteiger partial charge in [0.1, 0.15) is 24.2 Å². The van der Waals surface area contributed by atoms with E-state index in [4.69, 9.17) is 15.2 Å². The van der Waals surface area contributed by atoms with E-state index in [-0.39, 0.29) is 81.2 Å². The number of carbonyl (C=O) groups is 11. The highest BCUT2D eigenvalue weighted by Crippen LogP contribution is 2.31. The number of primary amides is 1. The molecule has 100 heavy (non-hydrogen) atoms. The van der Waals surface area contributed by atoms with Gasteiger partial charge in [-0.15, -0.1) is 0 Å². The van der Waals surface area contributed by atoms with Crippen LogP contribution >= 0.6 is 0 Å².